The van der Waals surface area contributed by atoms with Gasteiger partial charge in [0.1, 0.15) is 0 Å². The van der Waals surface area contributed by atoms with Crippen molar-refractivity contribution >= 4 is 0 Å². The molecule has 1 heteroatoms. The minimum absolute atomic E-state index is 0.250. The lowest BCUT2D eigenvalue weighted by atomic mass is 9.67. The molecular weight excluding hydrogens is 280 g/mol. The van der Waals surface area contributed by atoms with Gasteiger partial charge in [0.25, 0.3) is 0 Å². The second-order valence-corrected chi connectivity index (χ2v) is 8.48. The van der Waals surface area contributed by atoms with Crippen LogP contribution in [0.2, 0.25) is 0 Å². The molecule has 2 saturated carbocycles. The van der Waals surface area contributed by atoms with Crippen molar-refractivity contribution in [3.63, 3.8) is 0 Å². The normalized spacial score (nSPS) is 35.3. The van der Waals surface area contributed by atoms with Gasteiger partial charge in [-0.1, -0.05) is 58.8 Å². The van der Waals surface area contributed by atoms with Crippen molar-refractivity contribution in [1.82, 2.24) is 0 Å². The second kappa shape index (κ2) is 10.1. The van der Waals surface area contributed by atoms with Gasteiger partial charge in [-0.15, -0.1) is 0 Å². The van der Waals surface area contributed by atoms with Crippen LogP contribution in [0.3, 0.4) is 0 Å². The number of ether oxygens (including phenoxy) is 1. The van der Waals surface area contributed by atoms with Crippen molar-refractivity contribution in [2.75, 3.05) is 6.61 Å². The van der Waals surface area contributed by atoms with Crippen LogP contribution in [0, 0.1) is 17.8 Å². The van der Waals surface area contributed by atoms with Gasteiger partial charge in [0.15, 0.2) is 0 Å². The van der Waals surface area contributed by atoms with Gasteiger partial charge in [-0.25, -0.2) is 0 Å². The Morgan fingerprint density at radius 1 is 0.783 bits per heavy atom. The molecule has 0 heterocycles. The Morgan fingerprint density at radius 2 is 1.39 bits per heavy atom. The van der Waals surface area contributed by atoms with E-state index in [-0.39, 0.29) is 5.60 Å². The number of rotatable bonds is 9. The highest BCUT2D eigenvalue weighted by Gasteiger charge is 2.38. The largest absolute Gasteiger partial charge is 0.375 e. The van der Waals surface area contributed by atoms with E-state index in [4.69, 9.17) is 4.74 Å². The van der Waals surface area contributed by atoms with E-state index in [9.17, 15) is 0 Å². The molecular formula is C22H42O. The van der Waals surface area contributed by atoms with Crippen LogP contribution in [0.15, 0.2) is 0 Å². The smallest absolute Gasteiger partial charge is 0.0682 e. The van der Waals surface area contributed by atoms with E-state index in [1.165, 1.54) is 89.9 Å². The zero-order chi connectivity index (χ0) is 16.5. The van der Waals surface area contributed by atoms with Crippen molar-refractivity contribution in [2.24, 2.45) is 17.8 Å². The average molecular weight is 323 g/mol. The van der Waals surface area contributed by atoms with Crippen LogP contribution in [0.4, 0.5) is 0 Å². The summed E-state index contributed by atoms with van der Waals surface area (Å²) in [6.07, 6.45) is 19.9. The molecule has 0 aromatic rings. The molecule has 0 saturated heterocycles. The molecule has 0 N–H and O–H groups in total. The Hall–Kier alpha value is -0.0400. The molecule has 2 fully saturated rings. The lowest BCUT2D eigenvalue weighted by Crippen LogP contribution is -2.39. The van der Waals surface area contributed by atoms with Gasteiger partial charge in [0, 0.05) is 6.61 Å². The van der Waals surface area contributed by atoms with Crippen LogP contribution < -0.4 is 0 Å². The molecule has 136 valence electrons. The standard InChI is InChI=1S/C22H42O/c1-4-7-9-19-10-12-20(13-11-19)21-14-17-22(18-15-21,23-6-3)16-8-5-2/h19-21H,4-18H2,1-3H3. The van der Waals surface area contributed by atoms with E-state index >= 15 is 0 Å². The first-order chi connectivity index (χ1) is 11.2. The van der Waals surface area contributed by atoms with Crippen LogP contribution in [-0.4, -0.2) is 12.2 Å². The van der Waals surface area contributed by atoms with Gasteiger partial charge in [0.2, 0.25) is 0 Å². The summed E-state index contributed by atoms with van der Waals surface area (Å²) in [7, 11) is 0. The van der Waals surface area contributed by atoms with Crippen molar-refractivity contribution < 1.29 is 4.74 Å². The Morgan fingerprint density at radius 3 is 1.96 bits per heavy atom. The predicted octanol–water partition coefficient (Wildman–Crippen LogP) is 7.14. The maximum Gasteiger partial charge on any atom is 0.0682 e. The molecule has 23 heavy (non-hydrogen) atoms. The van der Waals surface area contributed by atoms with Gasteiger partial charge in [-0.05, 0) is 69.6 Å². The molecule has 2 aliphatic rings. The molecule has 1 nitrogen and oxygen atoms in total. The third-order valence-electron chi connectivity index (χ3n) is 6.90. The monoisotopic (exact) mass is 322 g/mol. The average Bonchev–Trinajstić information content (AvgIpc) is 2.60. The van der Waals surface area contributed by atoms with Gasteiger partial charge in [-0.3, -0.25) is 0 Å². The molecule has 0 aromatic carbocycles. The minimum Gasteiger partial charge on any atom is -0.375 e. The predicted molar refractivity (Wildman–Crippen MR) is 101 cm³/mol. The van der Waals surface area contributed by atoms with E-state index in [1.807, 2.05) is 0 Å². The van der Waals surface area contributed by atoms with Gasteiger partial charge < -0.3 is 4.74 Å². The van der Waals surface area contributed by atoms with E-state index < -0.39 is 0 Å². The fourth-order valence-electron chi connectivity index (χ4n) is 5.35. The van der Waals surface area contributed by atoms with Crippen LogP contribution in [0.1, 0.15) is 111 Å². The SMILES string of the molecule is CCCCC1CCC(C2CCC(CCCC)(OCC)CC2)CC1. The first kappa shape index (κ1) is 19.3. The van der Waals surface area contributed by atoms with E-state index in [0.29, 0.717) is 0 Å². The Balaban J connectivity index is 1.75. The molecule has 2 rings (SSSR count). The topological polar surface area (TPSA) is 9.23 Å². The summed E-state index contributed by atoms with van der Waals surface area (Å²) in [5, 5.41) is 0. The Kier molecular flexibility index (Phi) is 8.44. The zero-order valence-corrected chi connectivity index (χ0v) is 16.2. The highest BCUT2D eigenvalue weighted by atomic mass is 16.5. The lowest BCUT2D eigenvalue weighted by molar-refractivity contribution is -0.0853. The molecule has 0 spiro atoms. The van der Waals surface area contributed by atoms with Crippen molar-refractivity contribution in [3.05, 3.63) is 0 Å². The summed E-state index contributed by atoms with van der Waals surface area (Å²) >= 11 is 0. The third-order valence-corrected chi connectivity index (χ3v) is 6.90. The summed E-state index contributed by atoms with van der Waals surface area (Å²) in [5.74, 6) is 3.11. The van der Waals surface area contributed by atoms with Gasteiger partial charge in [-0.2, -0.15) is 0 Å². The Bertz CT molecular complexity index is 295. The van der Waals surface area contributed by atoms with Gasteiger partial charge >= 0.3 is 0 Å². The third kappa shape index (κ3) is 5.76. The van der Waals surface area contributed by atoms with Crippen molar-refractivity contribution in [1.29, 1.82) is 0 Å². The first-order valence-corrected chi connectivity index (χ1v) is 10.9. The molecule has 0 atom stereocenters. The molecule has 0 unspecified atom stereocenters. The number of unbranched alkanes of at least 4 members (excludes halogenated alkanes) is 2. The van der Waals surface area contributed by atoms with Crippen LogP contribution in [0.5, 0.6) is 0 Å². The van der Waals surface area contributed by atoms with Crippen molar-refractivity contribution in [3.8, 4) is 0 Å². The molecule has 2 aliphatic carbocycles. The first-order valence-electron chi connectivity index (χ1n) is 10.9. The number of hydrogen-bond donors (Lipinski definition) is 0. The van der Waals surface area contributed by atoms with Gasteiger partial charge in [0.05, 0.1) is 5.60 Å². The summed E-state index contributed by atoms with van der Waals surface area (Å²) in [4.78, 5) is 0. The Labute approximate surface area is 146 Å². The quantitative estimate of drug-likeness (QED) is 0.438. The zero-order valence-electron chi connectivity index (χ0n) is 16.2. The van der Waals surface area contributed by atoms with Crippen LogP contribution in [0.25, 0.3) is 0 Å². The van der Waals surface area contributed by atoms with Crippen LogP contribution >= 0.6 is 0 Å². The molecule has 0 bridgehead atoms. The van der Waals surface area contributed by atoms with Crippen LogP contribution in [-0.2, 0) is 4.74 Å². The molecule has 0 radical (unpaired) electrons. The van der Waals surface area contributed by atoms with E-state index in [0.717, 1.165) is 24.4 Å². The summed E-state index contributed by atoms with van der Waals surface area (Å²) < 4.78 is 6.27. The molecule has 0 amide bonds. The molecule has 0 aliphatic heterocycles. The fourth-order valence-corrected chi connectivity index (χ4v) is 5.35. The summed E-state index contributed by atoms with van der Waals surface area (Å²) in [5.41, 5.74) is 0.250. The summed E-state index contributed by atoms with van der Waals surface area (Å²) in [6, 6.07) is 0. The number of hydrogen-bond acceptors (Lipinski definition) is 1. The molecule has 0 aromatic heterocycles. The summed E-state index contributed by atoms with van der Waals surface area (Å²) in [6.45, 7) is 7.72. The van der Waals surface area contributed by atoms with E-state index in [2.05, 4.69) is 20.8 Å². The fraction of sp³-hybridized carbons (Fsp3) is 1.00. The maximum absolute atomic E-state index is 6.27. The van der Waals surface area contributed by atoms with E-state index in [1.54, 1.807) is 0 Å². The second-order valence-electron chi connectivity index (χ2n) is 8.48. The minimum atomic E-state index is 0.250. The maximum atomic E-state index is 6.27. The highest BCUT2D eigenvalue weighted by Crippen LogP contribution is 2.45. The highest BCUT2D eigenvalue weighted by molar-refractivity contribution is 4.90. The lowest BCUT2D eigenvalue weighted by Gasteiger charge is -2.43. The van der Waals surface area contributed by atoms with Crippen molar-refractivity contribution in [2.45, 2.75) is 116 Å².